The summed E-state index contributed by atoms with van der Waals surface area (Å²) in [5, 5.41) is 156. The number of allylic oxidation sites excluding steroid dienone is 2. The minimum Gasteiger partial charge on any atom is -0.479 e. The summed E-state index contributed by atoms with van der Waals surface area (Å²) >= 11 is 0. The first-order valence-corrected chi connectivity index (χ1v) is 28.9. The van der Waals surface area contributed by atoms with E-state index >= 15 is 0 Å². The topological polar surface area (TPSA) is 400 Å². The Morgan fingerprint density at radius 3 is 1.90 bits per heavy atom. The Balaban J connectivity index is 1.04. The van der Waals surface area contributed by atoms with Gasteiger partial charge in [0.05, 0.1) is 50.2 Å². The number of esters is 1. The van der Waals surface area contributed by atoms with Crippen LogP contribution >= 0.6 is 0 Å². The van der Waals surface area contributed by atoms with Gasteiger partial charge in [-0.15, -0.1) is 0 Å². The number of aliphatic hydroxyl groups is 13. The highest BCUT2D eigenvalue weighted by Crippen LogP contribution is 2.76. The molecular weight excluding hydrogens is 1080 g/mol. The van der Waals surface area contributed by atoms with Crippen molar-refractivity contribution in [3.63, 3.8) is 0 Å². The van der Waals surface area contributed by atoms with Gasteiger partial charge in [-0.05, 0) is 98.2 Å². The molecule has 0 aromatic heterocycles. The highest BCUT2D eigenvalue weighted by Gasteiger charge is 2.75. The molecule has 2 unspecified atom stereocenters. The predicted molar refractivity (Wildman–Crippen MR) is 279 cm³/mol. The highest BCUT2D eigenvalue weighted by molar-refractivity contribution is 5.87. The van der Waals surface area contributed by atoms with Gasteiger partial charge in [0.25, 0.3) is 0 Å². The maximum absolute atomic E-state index is 13.4. The Morgan fingerprint density at radius 2 is 1.27 bits per heavy atom. The Labute approximate surface area is 476 Å². The number of hydrogen-bond acceptors (Lipinski definition) is 24. The van der Waals surface area contributed by atoms with Crippen LogP contribution in [0.4, 0.5) is 0 Å². The van der Waals surface area contributed by atoms with Crippen LogP contribution in [-0.2, 0) is 52.2 Å². The maximum atomic E-state index is 13.4. The van der Waals surface area contributed by atoms with Gasteiger partial charge >= 0.3 is 11.9 Å². The number of fused-ring (bicyclic) bond motifs is 7. The van der Waals surface area contributed by atoms with Crippen LogP contribution in [0.1, 0.15) is 107 Å². The first-order chi connectivity index (χ1) is 38.3. The first kappa shape index (κ1) is 64.1. The number of ether oxygens (including phenoxy) is 9. The summed E-state index contributed by atoms with van der Waals surface area (Å²) in [6.07, 6.45) is -30.9. The standard InChI is InChI=1S/C57H90O25/c1-10-23(2)47(73)77-32-18-52(3,4)17-25-24-11-12-30-54(7)15-14-31(53(5,6)29(54)13-16-55(30,8)56(24,9)44(69)45(70)57(25,32)22-59)78-51-43(82-49-38(67)36(65)35(64)28(19-58)76-49)40(39(68)41(80-51)46(71)72)79-50-42(34(63)27(61)21-75-50)81-48-37(66)33(62)26(60)20-74-48/h10-11,25-45,48-51,58-70H,12-22H2,1-9H3,(H,71,72)/t25-,26+,27-,28+,29?,30?,31-,32-,33-,34-,35-,36-,37+,38+,39-,40-,41-,42+,43+,44-,45+,48-,49-,50-,51+,54-,55+,56-,57+/m0/s1. The summed E-state index contributed by atoms with van der Waals surface area (Å²) in [6, 6.07) is 0. The van der Waals surface area contributed by atoms with Gasteiger partial charge in [0.2, 0.25) is 0 Å². The van der Waals surface area contributed by atoms with Crippen molar-refractivity contribution < 1.29 is 124 Å². The van der Waals surface area contributed by atoms with E-state index in [1.54, 1.807) is 19.9 Å². The lowest BCUT2D eigenvalue weighted by atomic mass is 9.32. The van der Waals surface area contributed by atoms with E-state index in [2.05, 4.69) is 33.8 Å². The lowest BCUT2D eigenvalue weighted by Crippen LogP contribution is -2.74. The molecular formula is C57H90O25. The van der Waals surface area contributed by atoms with Crippen molar-refractivity contribution in [1.29, 1.82) is 0 Å². The van der Waals surface area contributed by atoms with Gasteiger partial charge < -0.3 is 114 Å². The van der Waals surface area contributed by atoms with Crippen LogP contribution < -0.4 is 0 Å². The zero-order valence-electron chi connectivity index (χ0n) is 48.1. The van der Waals surface area contributed by atoms with E-state index in [9.17, 15) is 81.1 Å². The molecule has 0 aromatic rings. The molecule has 0 amide bonds. The van der Waals surface area contributed by atoms with Gasteiger partial charge in [0, 0.05) is 11.0 Å². The van der Waals surface area contributed by atoms with Gasteiger partial charge in [-0.2, -0.15) is 0 Å². The van der Waals surface area contributed by atoms with Gasteiger partial charge in [0.15, 0.2) is 31.3 Å². The number of hydrogen-bond donors (Lipinski definition) is 14. The van der Waals surface area contributed by atoms with E-state index in [0.29, 0.717) is 50.5 Å². The van der Waals surface area contributed by atoms with Crippen molar-refractivity contribution in [3.05, 3.63) is 23.3 Å². The van der Waals surface area contributed by atoms with Crippen LogP contribution in [-0.4, -0.2) is 245 Å². The molecule has 25 nitrogen and oxygen atoms in total. The number of carbonyl (C=O) groups excluding carboxylic acids is 1. The first-order valence-electron chi connectivity index (χ1n) is 28.9. The summed E-state index contributed by atoms with van der Waals surface area (Å²) in [4.78, 5) is 26.6. The molecule has 9 aliphatic rings. The van der Waals surface area contributed by atoms with E-state index in [4.69, 9.17) is 42.6 Å². The molecule has 0 bridgehead atoms. The molecule has 25 heteroatoms. The van der Waals surface area contributed by atoms with Crippen LogP contribution in [0.2, 0.25) is 0 Å². The van der Waals surface area contributed by atoms with E-state index in [-0.39, 0.29) is 17.3 Å². The molecule has 14 N–H and O–H groups in total. The van der Waals surface area contributed by atoms with Gasteiger partial charge in [-0.1, -0.05) is 66.2 Å². The number of carbonyl (C=O) groups is 2. The average molecular weight is 1180 g/mol. The minimum absolute atomic E-state index is 0.107. The van der Waals surface area contributed by atoms with Crippen LogP contribution in [0.25, 0.3) is 0 Å². The third-order valence-corrected chi connectivity index (χ3v) is 21.9. The van der Waals surface area contributed by atoms with E-state index < -0.39 is 206 Å². The van der Waals surface area contributed by atoms with Crippen molar-refractivity contribution in [2.24, 2.45) is 50.2 Å². The minimum atomic E-state index is -2.21. The fourth-order valence-electron chi connectivity index (χ4n) is 16.8. The number of carboxylic acid groups (broad SMARTS) is 1. The molecule has 9 rings (SSSR count). The summed E-state index contributed by atoms with van der Waals surface area (Å²) in [5.74, 6) is -2.97. The zero-order chi connectivity index (χ0) is 60.3. The molecule has 4 saturated heterocycles. The fourth-order valence-corrected chi connectivity index (χ4v) is 16.8. The highest BCUT2D eigenvalue weighted by atomic mass is 16.8. The molecule has 0 spiro atoms. The molecule has 4 aliphatic heterocycles. The quantitative estimate of drug-likeness (QED) is 0.0420. The average Bonchev–Trinajstić information content (AvgIpc) is 2.04. The number of aliphatic carboxylic acids is 1. The third-order valence-electron chi connectivity index (χ3n) is 21.9. The number of carboxylic acids is 1. The third kappa shape index (κ3) is 10.3. The predicted octanol–water partition coefficient (Wildman–Crippen LogP) is -1.76. The molecule has 4 heterocycles. The Morgan fingerprint density at radius 1 is 0.646 bits per heavy atom. The summed E-state index contributed by atoms with van der Waals surface area (Å²) in [6.45, 7) is 15.5. The van der Waals surface area contributed by atoms with Gasteiger partial charge in [-0.25, -0.2) is 9.59 Å². The van der Waals surface area contributed by atoms with Crippen molar-refractivity contribution in [3.8, 4) is 0 Å². The summed E-state index contributed by atoms with van der Waals surface area (Å²) in [7, 11) is 0. The monoisotopic (exact) mass is 1170 g/mol. The summed E-state index contributed by atoms with van der Waals surface area (Å²) in [5.41, 5.74) is -3.44. The summed E-state index contributed by atoms with van der Waals surface area (Å²) < 4.78 is 54.7. The Bertz CT molecular complexity index is 2370. The lowest BCUT2D eigenvalue weighted by Gasteiger charge is -2.73. The number of rotatable bonds is 13. The smallest absolute Gasteiger partial charge is 0.335 e. The Hall–Kier alpha value is -2.42. The normalized spacial score (nSPS) is 52.0. The number of aliphatic hydroxyl groups excluding tert-OH is 13. The fraction of sp³-hybridized carbons (Fsp3) is 0.895. The van der Waals surface area contributed by atoms with E-state index in [0.717, 1.165) is 5.57 Å². The second-order valence-corrected chi connectivity index (χ2v) is 27.1. The molecule has 468 valence electrons. The van der Waals surface area contributed by atoms with E-state index in [1.807, 2.05) is 20.8 Å². The molecule has 0 radical (unpaired) electrons. The van der Waals surface area contributed by atoms with Crippen molar-refractivity contribution in [1.82, 2.24) is 0 Å². The second kappa shape index (κ2) is 23.3. The Kier molecular flexibility index (Phi) is 18.2. The van der Waals surface area contributed by atoms with Crippen LogP contribution in [0, 0.1) is 50.2 Å². The van der Waals surface area contributed by atoms with Crippen LogP contribution in [0.3, 0.4) is 0 Å². The van der Waals surface area contributed by atoms with Crippen LogP contribution in [0.15, 0.2) is 23.3 Å². The van der Waals surface area contributed by atoms with Crippen LogP contribution in [0.5, 0.6) is 0 Å². The molecule has 82 heavy (non-hydrogen) atoms. The lowest BCUT2D eigenvalue weighted by molar-refractivity contribution is -0.399. The molecule has 29 atom stereocenters. The van der Waals surface area contributed by atoms with Gasteiger partial charge in [-0.3, -0.25) is 0 Å². The van der Waals surface area contributed by atoms with Crippen molar-refractivity contribution in [2.75, 3.05) is 26.4 Å². The zero-order valence-corrected chi connectivity index (χ0v) is 48.1. The molecule has 8 fully saturated rings. The molecule has 0 aromatic carbocycles. The molecule has 4 saturated carbocycles. The van der Waals surface area contributed by atoms with E-state index in [1.165, 1.54) is 0 Å². The SMILES string of the molecule is CC=C(C)C(=O)O[C@H]1CC(C)(C)C[C@H]2C3=CCC4[C@@]5(C)CC[C@H](O[C@@H]6O[C@H](C(=O)O)[C@@H](O)[C@H](O[C@@H]7OC[C@H](O)[C@H](O)[C@H]7O[C@@H]7OC[C@@H](O)[C@H](O)[C@H]7O)[C@H]6O[C@@H]6O[C@H](CO)[C@H](O)[C@H](O)[C@H]6O)C(C)(C)C5CC[C@@]4(C)[C@]3(C)[C@@H](O)[C@@H](O)[C@@]12CO. The van der Waals surface area contributed by atoms with Gasteiger partial charge in [0.1, 0.15) is 85.5 Å². The largest absolute Gasteiger partial charge is 0.479 e. The van der Waals surface area contributed by atoms with Crippen molar-refractivity contribution >= 4 is 11.9 Å². The second-order valence-electron chi connectivity index (χ2n) is 27.1. The van der Waals surface area contributed by atoms with Crippen molar-refractivity contribution in [2.45, 2.75) is 242 Å². The molecule has 5 aliphatic carbocycles. The maximum Gasteiger partial charge on any atom is 0.335 e.